The molecule has 1 rings (SSSR count). The van der Waals surface area contributed by atoms with Gasteiger partial charge < -0.3 is 5.32 Å². The zero-order valence-electron chi connectivity index (χ0n) is 7.26. The lowest BCUT2D eigenvalue weighted by atomic mass is 9.97. The first-order valence-electron chi connectivity index (χ1n) is 3.76. The molecule has 0 saturated carbocycles. The Kier molecular flexibility index (Phi) is 2.25. The van der Waals surface area contributed by atoms with Gasteiger partial charge in [0.15, 0.2) is 0 Å². The normalized spacial score (nSPS) is 11.5. The van der Waals surface area contributed by atoms with Crippen LogP contribution in [0.2, 0.25) is 0 Å². The Morgan fingerprint density at radius 1 is 1.45 bits per heavy atom. The molecule has 0 bridgehead atoms. The highest BCUT2D eigenvalue weighted by atomic mass is 14.9. The number of nitrogens with one attached hydrogen (secondary N) is 1. The summed E-state index contributed by atoms with van der Waals surface area (Å²) in [6.45, 7) is 4.26. The minimum atomic E-state index is 0.0221. The monoisotopic (exact) mass is 150 g/mol. The minimum Gasteiger partial charge on any atom is -0.311 e. The molecular weight excluding hydrogens is 136 g/mol. The van der Waals surface area contributed by atoms with Crippen LogP contribution >= 0.6 is 0 Å². The predicted molar refractivity (Wildman–Crippen MR) is 46.3 cm³/mol. The molecule has 0 fully saturated rings. The van der Waals surface area contributed by atoms with E-state index in [1.807, 2.05) is 19.3 Å². The number of aromatic nitrogens is 1. The Bertz CT molecular complexity index is 216. The second-order valence-corrected chi connectivity index (χ2v) is 3.12. The van der Waals surface area contributed by atoms with E-state index in [1.165, 1.54) is 5.56 Å². The summed E-state index contributed by atoms with van der Waals surface area (Å²) in [6.07, 6.45) is 3.67. The van der Waals surface area contributed by atoms with Gasteiger partial charge in [-0.15, -0.1) is 0 Å². The lowest BCUT2D eigenvalue weighted by Crippen LogP contribution is -2.33. The Morgan fingerprint density at radius 2 is 2.18 bits per heavy atom. The van der Waals surface area contributed by atoms with Gasteiger partial charge in [-0.2, -0.15) is 0 Å². The van der Waals surface area contributed by atoms with Gasteiger partial charge in [-0.3, -0.25) is 4.98 Å². The van der Waals surface area contributed by atoms with Crippen LogP contribution in [0.15, 0.2) is 24.5 Å². The van der Waals surface area contributed by atoms with E-state index in [9.17, 15) is 0 Å². The van der Waals surface area contributed by atoms with Crippen molar-refractivity contribution in [1.29, 1.82) is 0 Å². The van der Waals surface area contributed by atoms with Gasteiger partial charge >= 0.3 is 0 Å². The molecule has 2 heteroatoms. The first-order valence-corrected chi connectivity index (χ1v) is 3.76. The maximum atomic E-state index is 4.06. The highest BCUT2D eigenvalue weighted by Gasteiger charge is 2.16. The minimum absolute atomic E-state index is 0.0221. The lowest BCUT2D eigenvalue weighted by Gasteiger charge is -2.23. The maximum Gasteiger partial charge on any atom is 0.0390 e. The first kappa shape index (κ1) is 8.21. The third kappa shape index (κ3) is 1.77. The van der Waals surface area contributed by atoms with Crippen LogP contribution < -0.4 is 5.32 Å². The third-order valence-corrected chi connectivity index (χ3v) is 2.01. The van der Waals surface area contributed by atoms with Gasteiger partial charge in [-0.05, 0) is 32.5 Å². The molecule has 11 heavy (non-hydrogen) atoms. The van der Waals surface area contributed by atoms with E-state index in [0.29, 0.717) is 0 Å². The molecule has 0 saturated heterocycles. The van der Waals surface area contributed by atoms with Crippen LogP contribution in [-0.2, 0) is 5.54 Å². The smallest absolute Gasteiger partial charge is 0.0390 e. The summed E-state index contributed by atoms with van der Waals surface area (Å²) in [5, 5.41) is 3.22. The zero-order valence-corrected chi connectivity index (χ0v) is 7.26. The van der Waals surface area contributed by atoms with Gasteiger partial charge in [0.05, 0.1) is 0 Å². The molecule has 0 amide bonds. The standard InChI is InChI=1S/C9H14N2/c1-9(2,10-3)8-5-4-6-11-7-8/h4-7,10H,1-3H3. The molecule has 2 nitrogen and oxygen atoms in total. The highest BCUT2D eigenvalue weighted by molar-refractivity contribution is 5.17. The van der Waals surface area contributed by atoms with E-state index in [4.69, 9.17) is 0 Å². The van der Waals surface area contributed by atoms with Crippen LogP contribution in [0.5, 0.6) is 0 Å². The molecule has 0 unspecified atom stereocenters. The number of pyridine rings is 1. The van der Waals surface area contributed by atoms with E-state index in [1.54, 1.807) is 6.20 Å². The summed E-state index contributed by atoms with van der Waals surface area (Å²) in [5.41, 5.74) is 1.23. The molecule has 1 aromatic heterocycles. The first-order chi connectivity index (χ1) is 5.17. The van der Waals surface area contributed by atoms with Crippen LogP contribution in [0.25, 0.3) is 0 Å². The molecule has 1 aromatic rings. The summed E-state index contributed by atoms with van der Waals surface area (Å²) in [5.74, 6) is 0. The van der Waals surface area contributed by atoms with Crippen LogP contribution in [-0.4, -0.2) is 12.0 Å². The van der Waals surface area contributed by atoms with Gasteiger partial charge in [-0.25, -0.2) is 0 Å². The maximum absolute atomic E-state index is 4.06. The van der Waals surface area contributed by atoms with Gasteiger partial charge in [0.25, 0.3) is 0 Å². The fourth-order valence-corrected chi connectivity index (χ4v) is 0.877. The van der Waals surface area contributed by atoms with E-state index >= 15 is 0 Å². The molecule has 60 valence electrons. The van der Waals surface area contributed by atoms with Crippen molar-refractivity contribution in [2.75, 3.05) is 7.05 Å². The van der Waals surface area contributed by atoms with Gasteiger partial charge in [0.2, 0.25) is 0 Å². The van der Waals surface area contributed by atoms with E-state index in [2.05, 4.69) is 30.2 Å². The lowest BCUT2D eigenvalue weighted by molar-refractivity contribution is 0.443. The Labute approximate surface area is 67.7 Å². The zero-order chi connectivity index (χ0) is 8.32. The second kappa shape index (κ2) is 3.01. The van der Waals surface area contributed by atoms with Crippen molar-refractivity contribution in [3.05, 3.63) is 30.1 Å². The fourth-order valence-electron chi connectivity index (χ4n) is 0.877. The Hall–Kier alpha value is -0.890. The van der Waals surface area contributed by atoms with E-state index < -0.39 is 0 Å². The van der Waals surface area contributed by atoms with Crippen molar-refractivity contribution in [1.82, 2.24) is 10.3 Å². The van der Waals surface area contributed by atoms with E-state index in [0.717, 1.165) is 0 Å². The average Bonchev–Trinajstić information content (AvgIpc) is 2.06. The summed E-state index contributed by atoms with van der Waals surface area (Å²) >= 11 is 0. The molecule has 0 atom stereocenters. The van der Waals surface area contributed by atoms with Crippen LogP contribution in [0.4, 0.5) is 0 Å². The summed E-state index contributed by atoms with van der Waals surface area (Å²) in [6, 6.07) is 4.03. The molecule has 1 N–H and O–H groups in total. The van der Waals surface area contributed by atoms with Gasteiger partial charge in [-0.1, -0.05) is 6.07 Å². The van der Waals surface area contributed by atoms with Gasteiger partial charge in [0, 0.05) is 17.9 Å². The molecule has 0 aliphatic carbocycles. The SMILES string of the molecule is CNC(C)(C)c1cccnc1. The van der Waals surface area contributed by atoms with Crippen molar-refractivity contribution < 1.29 is 0 Å². The number of hydrogen-bond acceptors (Lipinski definition) is 2. The number of nitrogens with zero attached hydrogens (tertiary/aromatic N) is 1. The highest BCUT2D eigenvalue weighted by Crippen LogP contribution is 2.16. The van der Waals surface area contributed by atoms with Crippen molar-refractivity contribution >= 4 is 0 Å². The summed E-state index contributed by atoms with van der Waals surface area (Å²) in [7, 11) is 1.95. The van der Waals surface area contributed by atoms with Crippen molar-refractivity contribution in [3.8, 4) is 0 Å². The second-order valence-electron chi connectivity index (χ2n) is 3.12. The molecule has 0 aliphatic rings. The molecule has 0 spiro atoms. The molecule has 0 radical (unpaired) electrons. The molecule has 1 heterocycles. The quantitative estimate of drug-likeness (QED) is 0.691. The number of hydrogen-bond donors (Lipinski definition) is 1. The van der Waals surface area contributed by atoms with Crippen LogP contribution in [0.1, 0.15) is 19.4 Å². The fraction of sp³-hybridized carbons (Fsp3) is 0.444. The van der Waals surface area contributed by atoms with Crippen molar-refractivity contribution in [2.45, 2.75) is 19.4 Å². The van der Waals surface area contributed by atoms with Crippen LogP contribution in [0, 0.1) is 0 Å². The Morgan fingerprint density at radius 3 is 2.64 bits per heavy atom. The van der Waals surface area contributed by atoms with Crippen molar-refractivity contribution in [3.63, 3.8) is 0 Å². The van der Waals surface area contributed by atoms with Crippen molar-refractivity contribution in [2.24, 2.45) is 0 Å². The molecular formula is C9H14N2. The largest absolute Gasteiger partial charge is 0.311 e. The predicted octanol–water partition coefficient (Wildman–Crippen LogP) is 1.54. The Balaban J connectivity index is 2.93. The summed E-state index contributed by atoms with van der Waals surface area (Å²) < 4.78 is 0. The molecule has 0 aromatic carbocycles. The van der Waals surface area contributed by atoms with Gasteiger partial charge in [0.1, 0.15) is 0 Å². The number of rotatable bonds is 2. The van der Waals surface area contributed by atoms with E-state index in [-0.39, 0.29) is 5.54 Å². The third-order valence-electron chi connectivity index (χ3n) is 2.01. The topological polar surface area (TPSA) is 24.9 Å². The average molecular weight is 150 g/mol. The summed E-state index contributed by atoms with van der Waals surface area (Å²) in [4.78, 5) is 4.06. The molecule has 0 aliphatic heterocycles. The van der Waals surface area contributed by atoms with Crippen LogP contribution in [0.3, 0.4) is 0 Å².